The Bertz CT molecular complexity index is 577. The molecule has 0 spiro atoms. The van der Waals surface area contributed by atoms with E-state index in [1.807, 2.05) is 6.92 Å². The molecular formula is C13H13ClF2N2OS. The van der Waals surface area contributed by atoms with Crippen LogP contribution in [0.3, 0.4) is 0 Å². The first-order chi connectivity index (χ1) is 9.56. The quantitative estimate of drug-likeness (QED) is 0.874. The third-order valence-electron chi connectivity index (χ3n) is 2.68. The summed E-state index contributed by atoms with van der Waals surface area (Å²) in [6.07, 6.45) is 0. The summed E-state index contributed by atoms with van der Waals surface area (Å²) >= 11 is 7.43. The van der Waals surface area contributed by atoms with Crippen LogP contribution in [0.15, 0.2) is 23.7 Å². The predicted octanol–water partition coefficient (Wildman–Crippen LogP) is 4.00. The number of aryl methyl sites for hydroxylation is 1. The van der Waals surface area contributed by atoms with Gasteiger partial charge in [0.05, 0.1) is 11.2 Å². The predicted molar refractivity (Wildman–Crippen MR) is 75.5 cm³/mol. The zero-order chi connectivity index (χ0) is 14.5. The number of hydrogen-bond acceptors (Lipinski definition) is 4. The number of hydrogen-bond donors (Lipinski definition) is 1. The number of benzene rings is 1. The second-order valence-electron chi connectivity index (χ2n) is 4.10. The first-order valence-electron chi connectivity index (χ1n) is 5.89. The van der Waals surface area contributed by atoms with Gasteiger partial charge in [-0.15, -0.1) is 11.3 Å². The van der Waals surface area contributed by atoms with Crippen LogP contribution in [0.4, 0.5) is 8.78 Å². The fraction of sp³-hybridized carbons (Fsp3) is 0.308. The normalized spacial score (nSPS) is 11.1. The van der Waals surface area contributed by atoms with E-state index >= 15 is 0 Å². The highest BCUT2D eigenvalue weighted by molar-refractivity contribution is 7.09. The van der Waals surface area contributed by atoms with Crippen LogP contribution in [0, 0.1) is 6.92 Å². The van der Waals surface area contributed by atoms with Crippen molar-refractivity contribution < 1.29 is 13.5 Å². The molecule has 20 heavy (non-hydrogen) atoms. The summed E-state index contributed by atoms with van der Waals surface area (Å²) in [5.41, 5.74) is 3.34. The summed E-state index contributed by atoms with van der Waals surface area (Å²) in [4.78, 5) is 5.26. The molecule has 0 bridgehead atoms. The molecular weight excluding hydrogens is 306 g/mol. The van der Waals surface area contributed by atoms with E-state index in [0.717, 1.165) is 10.6 Å². The van der Waals surface area contributed by atoms with Crippen LogP contribution in [0.1, 0.15) is 16.1 Å². The molecule has 0 aliphatic heterocycles. The molecule has 0 aliphatic rings. The molecule has 7 heteroatoms. The maximum absolute atomic E-state index is 12.3. The maximum atomic E-state index is 12.3. The Balaban J connectivity index is 2.01. The van der Waals surface area contributed by atoms with Crippen molar-refractivity contribution >= 4 is 22.9 Å². The Hall–Kier alpha value is -1.24. The fourth-order valence-corrected chi connectivity index (χ4v) is 2.65. The second kappa shape index (κ2) is 6.97. The van der Waals surface area contributed by atoms with Crippen molar-refractivity contribution in [2.75, 3.05) is 0 Å². The lowest BCUT2D eigenvalue weighted by atomic mass is 10.2. The molecule has 0 aliphatic carbocycles. The average molecular weight is 319 g/mol. The second-order valence-corrected chi connectivity index (χ2v) is 5.47. The van der Waals surface area contributed by atoms with Gasteiger partial charge in [-0.1, -0.05) is 11.6 Å². The summed E-state index contributed by atoms with van der Waals surface area (Å²) in [6, 6.07) is 4.59. The van der Waals surface area contributed by atoms with Gasteiger partial charge in [-0.05, 0) is 25.1 Å². The number of thiazole rings is 1. The van der Waals surface area contributed by atoms with Crippen molar-refractivity contribution in [1.29, 1.82) is 0 Å². The SMILES string of the molecule is Cc1ncsc1CNCc1cc(Cl)ccc1OC(F)F. The molecule has 3 nitrogen and oxygen atoms in total. The Morgan fingerprint density at radius 1 is 1.40 bits per heavy atom. The molecule has 2 rings (SSSR count). The Morgan fingerprint density at radius 2 is 2.20 bits per heavy atom. The third kappa shape index (κ3) is 4.13. The maximum Gasteiger partial charge on any atom is 0.387 e. The Labute approximate surface area is 124 Å². The molecule has 0 fully saturated rings. The summed E-state index contributed by atoms with van der Waals surface area (Å²) in [7, 11) is 0. The van der Waals surface area contributed by atoms with Gasteiger partial charge in [-0.2, -0.15) is 8.78 Å². The number of aromatic nitrogens is 1. The van der Waals surface area contributed by atoms with E-state index in [1.165, 1.54) is 12.1 Å². The molecule has 0 atom stereocenters. The molecule has 0 saturated carbocycles. The van der Waals surface area contributed by atoms with E-state index in [1.54, 1.807) is 22.9 Å². The van der Waals surface area contributed by atoms with Crippen LogP contribution in [0.5, 0.6) is 5.75 Å². The van der Waals surface area contributed by atoms with E-state index in [4.69, 9.17) is 11.6 Å². The van der Waals surface area contributed by atoms with Gasteiger partial charge in [0.25, 0.3) is 0 Å². The van der Waals surface area contributed by atoms with Gasteiger partial charge in [-0.3, -0.25) is 0 Å². The van der Waals surface area contributed by atoms with Gasteiger partial charge in [0.2, 0.25) is 0 Å². The molecule has 1 aromatic carbocycles. The van der Waals surface area contributed by atoms with Crippen molar-refractivity contribution in [3.63, 3.8) is 0 Å². The highest BCUT2D eigenvalue weighted by atomic mass is 35.5. The number of alkyl halides is 2. The van der Waals surface area contributed by atoms with E-state index in [-0.39, 0.29) is 5.75 Å². The number of ether oxygens (including phenoxy) is 1. The number of nitrogens with one attached hydrogen (secondary N) is 1. The zero-order valence-electron chi connectivity index (χ0n) is 10.7. The highest BCUT2D eigenvalue weighted by Crippen LogP contribution is 2.24. The summed E-state index contributed by atoms with van der Waals surface area (Å²) < 4.78 is 29.1. The number of nitrogens with zero attached hydrogens (tertiary/aromatic N) is 1. The smallest absolute Gasteiger partial charge is 0.387 e. The first kappa shape index (κ1) is 15.2. The molecule has 108 valence electrons. The summed E-state index contributed by atoms with van der Waals surface area (Å²) in [6.45, 7) is 0.0913. The van der Waals surface area contributed by atoms with Crippen LogP contribution >= 0.6 is 22.9 Å². The standard InChI is InChI=1S/C13H13ClF2N2OS/c1-8-12(20-7-18-8)6-17-5-9-4-10(14)2-3-11(9)19-13(15)16/h2-4,7,13,17H,5-6H2,1H3. The van der Waals surface area contributed by atoms with Gasteiger partial charge in [0.15, 0.2) is 0 Å². The van der Waals surface area contributed by atoms with Gasteiger partial charge in [-0.25, -0.2) is 4.98 Å². The van der Waals surface area contributed by atoms with Crippen molar-refractivity contribution in [2.45, 2.75) is 26.6 Å². The van der Waals surface area contributed by atoms with E-state index in [9.17, 15) is 8.78 Å². The number of halogens is 3. The van der Waals surface area contributed by atoms with Gasteiger partial charge >= 0.3 is 6.61 Å². The topological polar surface area (TPSA) is 34.2 Å². The largest absolute Gasteiger partial charge is 0.434 e. The lowest BCUT2D eigenvalue weighted by Crippen LogP contribution is -2.14. The van der Waals surface area contributed by atoms with Crippen LogP contribution in [0.2, 0.25) is 5.02 Å². The lowest BCUT2D eigenvalue weighted by molar-refractivity contribution is -0.0505. The van der Waals surface area contributed by atoms with Gasteiger partial charge in [0, 0.05) is 28.6 Å². The van der Waals surface area contributed by atoms with E-state index < -0.39 is 6.61 Å². The number of rotatable bonds is 6. The molecule has 1 N–H and O–H groups in total. The van der Waals surface area contributed by atoms with Crippen molar-refractivity contribution in [1.82, 2.24) is 10.3 Å². The summed E-state index contributed by atoms with van der Waals surface area (Å²) in [5, 5.41) is 3.66. The zero-order valence-corrected chi connectivity index (χ0v) is 12.3. The lowest BCUT2D eigenvalue weighted by Gasteiger charge is -2.11. The molecule has 0 unspecified atom stereocenters. The van der Waals surface area contributed by atoms with Crippen LogP contribution in [-0.4, -0.2) is 11.6 Å². The minimum absolute atomic E-state index is 0.137. The minimum Gasteiger partial charge on any atom is -0.434 e. The minimum atomic E-state index is -2.85. The van der Waals surface area contributed by atoms with Gasteiger partial charge in [0.1, 0.15) is 5.75 Å². The summed E-state index contributed by atoms with van der Waals surface area (Å²) in [5.74, 6) is 0.137. The fourth-order valence-electron chi connectivity index (χ4n) is 1.70. The van der Waals surface area contributed by atoms with Crippen molar-refractivity contribution in [2.24, 2.45) is 0 Å². The van der Waals surface area contributed by atoms with Crippen LogP contribution < -0.4 is 10.1 Å². The monoisotopic (exact) mass is 318 g/mol. The molecule has 1 aromatic heterocycles. The first-order valence-corrected chi connectivity index (χ1v) is 7.15. The van der Waals surface area contributed by atoms with Crippen molar-refractivity contribution in [3.05, 3.63) is 44.9 Å². The molecule has 0 amide bonds. The third-order valence-corrected chi connectivity index (χ3v) is 3.85. The molecule has 2 aromatic rings. The van der Waals surface area contributed by atoms with E-state index in [2.05, 4.69) is 15.0 Å². The van der Waals surface area contributed by atoms with Gasteiger partial charge < -0.3 is 10.1 Å². The van der Waals surface area contributed by atoms with Crippen LogP contribution in [0.25, 0.3) is 0 Å². The molecule has 0 radical (unpaired) electrons. The molecule has 1 heterocycles. The Morgan fingerprint density at radius 3 is 2.85 bits per heavy atom. The highest BCUT2D eigenvalue weighted by Gasteiger charge is 2.10. The van der Waals surface area contributed by atoms with E-state index in [0.29, 0.717) is 23.7 Å². The van der Waals surface area contributed by atoms with Crippen LogP contribution in [-0.2, 0) is 13.1 Å². The molecule has 0 saturated heterocycles. The average Bonchev–Trinajstić information content (AvgIpc) is 2.78. The van der Waals surface area contributed by atoms with Crippen molar-refractivity contribution in [3.8, 4) is 5.75 Å². The Kier molecular flexibility index (Phi) is 5.28.